The van der Waals surface area contributed by atoms with Gasteiger partial charge in [-0.1, -0.05) is 23.7 Å². The zero-order valence-corrected chi connectivity index (χ0v) is 13.9. The maximum atomic E-state index is 12.6. The molecule has 1 aliphatic rings. The molecule has 25 heavy (non-hydrogen) atoms. The Morgan fingerprint density at radius 3 is 2.76 bits per heavy atom. The van der Waals surface area contributed by atoms with Crippen molar-refractivity contribution in [1.29, 1.82) is 0 Å². The van der Waals surface area contributed by atoms with E-state index in [2.05, 4.69) is 0 Å². The summed E-state index contributed by atoms with van der Waals surface area (Å²) in [5, 5.41) is 1.16. The predicted molar refractivity (Wildman–Crippen MR) is 93.0 cm³/mol. The van der Waals surface area contributed by atoms with Crippen LogP contribution in [0.3, 0.4) is 0 Å². The number of benzene rings is 2. The Labute approximate surface area is 148 Å². The molecule has 1 aliphatic heterocycles. The van der Waals surface area contributed by atoms with Crippen molar-refractivity contribution < 1.29 is 18.6 Å². The van der Waals surface area contributed by atoms with Gasteiger partial charge in [-0.2, -0.15) is 0 Å². The van der Waals surface area contributed by atoms with Crippen LogP contribution in [-0.2, 0) is 9.47 Å². The van der Waals surface area contributed by atoms with E-state index in [0.717, 1.165) is 0 Å². The van der Waals surface area contributed by atoms with Gasteiger partial charge >= 0.3 is 0 Å². The lowest BCUT2D eigenvalue weighted by Gasteiger charge is -2.12. The molecule has 0 saturated carbocycles. The van der Waals surface area contributed by atoms with Gasteiger partial charge in [-0.3, -0.25) is 4.79 Å². The molecule has 0 unspecified atom stereocenters. The van der Waals surface area contributed by atoms with E-state index in [4.69, 9.17) is 30.2 Å². The second-order valence-electron chi connectivity index (χ2n) is 5.70. The van der Waals surface area contributed by atoms with Gasteiger partial charge in [-0.25, -0.2) is 0 Å². The lowest BCUT2D eigenvalue weighted by Crippen LogP contribution is -2.20. The van der Waals surface area contributed by atoms with Crippen molar-refractivity contribution in [2.45, 2.75) is 12.4 Å². The van der Waals surface area contributed by atoms with Gasteiger partial charge in [0.15, 0.2) is 6.29 Å². The monoisotopic (exact) mass is 358 g/mol. The highest BCUT2D eigenvalue weighted by atomic mass is 35.5. The summed E-state index contributed by atoms with van der Waals surface area (Å²) in [6.45, 7) is 0.654. The third kappa shape index (κ3) is 3.39. The lowest BCUT2D eigenvalue weighted by atomic mass is 10.2. The molecule has 0 N–H and O–H groups in total. The van der Waals surface area contributed by atoms with Crippen LogP contribution >= 0.6 is 11.6 Å². The first-order chi connectivity index (χ1) is 12.2. The number of para-hydroxylation sites is 1. The minimum Gasteiger partial charge on any atom is -0.491 e. The minimum absolute atomic E-state index is 0.147. The predicted octanol–water partition coefficient (Wildman–Crippen LogP) is 3.94. The van der Waals surface area contributed by atoms with E-state index in [1.807, 2.05) is 6.07 Å². The summed E-state index contributed by atoms with van der Waals surface area (Å²) >= 11 is 5.84. The molecule has 5 nitrogen and oxygen atoms in total. The molecule has 1 saturated heterocycles. The van der Waals surface area contributed by atoms with Crippen molar-refractivity contribution in [2.75, 3.05) is 13.2 Å². The standard InChI is InChI=1S/C19H15ClO5/c20-12-5-7-13(8-6-12)22-9-14-10-24-19(25-14)16-11-23-17-4-2-1-3-15(17)18(16)21/h1-8,11,14,19H,9-10H2/t14-,19-/m1/s1. The molecule has 4 rings (SSSR count). The van der Waals surface area contributed by atoms with Crippen LogP contribution in [0.2, 0.25) is 5.02 Å². The average molecular weight is 359 g/mol. The van der Waals surface area contributed by atoms with Gasteiger partial charge in [0.25, 0.3) is 0 Å². The smallest absolute Gasteiger partial charge is 0.200 e. The Hall–Kier alpha value is -2.34. The van der Waals surface area contributed by atoms with Gasteiger partial charge in [0.2, 0.25) is 5.43 Å². The zero-order chi connectivity index (χ0) is 17.2. The number of halogens is 1. The molecule has 2 atom stereocenters. The Morgan fingerprint density at radius 2 is 1.92 bits per heavy atom. The zero-order valence-electron chi connectivity index (χ0n) is 13.2. The summed E-state index contributed by atoms with van der Waals surface area (Å²) in [5.74, 6) is 0.696. The normalized spacial score (nSPS) is 20.0. The first-order valence-corrected chi connectivity index (χ1v) is 8.24. The van der Waals surface area contributed by atoms with Gasteiger partial charge in [0.1, 0.15) is 30.3 Å². The highest BCUT2D eigenvalue weighted by Gasteiger charge is 2.30. The first-order valence-electron chi connectivity index (χ1n) is 7.86. The number of hydrogen-bond donors (Lipinski definition) is 0. The van der Waals surface area contributed by atoms with Crippen LogP contribution < -0.4 is 10.2 Å². The minimum atomic E-state index is -0.750. The number of rotatable bonds is 4. The third-order valence-electron chi connectivity index (χ3n) is 3.96. The Balaban J connectivity index is 1.44. The summed E-state index contributed by atoms with van der Waals surface area (Å²) in [4.78, 5) is 12.6. The van der Waals surface area contributed by atoms with E-state index in [9.17, 15) is 4.79 Å². The van der Waals surface area contributed by atoms with E-state index < -0.39 is 6.29 Å². The SMILES string of the molecule is O=c1c([C@@H]2OC[C@@H](COc3ccc(Cl)cc3)O2)coc2ccccc12. The van der Waals surface area contributed by atoms with E-state index in [1.165, 1.54) is 6.26 Å². The Morgan fingerprint density at radius 1 is 1.12 bits per heavy atom. The Bertz CT molecular complexity index is 934. The summed E-state index contributed by atoms with van der Waals surface area (Å²) in [6.07, 6.45) is 0.379. The maximum Gasteiger partial charge on any atom is 0.200 e. The highest BCUT2D eigenvalue weighted by Crippen LogP contribution is 2.27. The van der Waals surface area contributed by atoms with Crippen molar-refractivity contribution in [1.82, 2.24) is 0 Å². The van der Waals surface area contributed by atoms with Gasteiger partial charge in [0.05, 0.1) is 17.6 Å². The van der Waals surface area contributed by atoms with Crippen LogP contribution in [0.5, 0.6) is 5.75 Å². The molecular formula is C19H15ClO5. The van der Waals surface area contributed by atoms with E-state index in [1.54, 1.807) is 42.5 Å². The molecule has 3 aromatic rings. The van der Waals surface area contributed by atoms with Crippen LogP contribution in [0.4, 0.5) is 0 Å². The highest BCUT2D eigenvalue weighted by molar-refractivity contribution is 6.30. The molecule has 128 valence electrons. The van der Waals surface area contributed by atoms with E-state index >= 15 is 0 Å². The van der Waals surface area contributed by atoms with Crippen LogP contribution in [0.1, 0.15) is 11.9 Å². The van der Waals surface area contributed by atoms with Crippen molar-refractivity contribution in [2.24, 2.45) is 0 Å². The molecule has 6 heteroatoms. The van der Waals surface area contributed by atoms with Crippen molar-refractivity contribution >= 4 is 22.6 Å². The molecule has 0 radical (unpaired) electrons. The summed E-state index contributed by atoms with van der Waals surface area (Å²) in [7, 11) is 0. The van der Waals surface area contributed by atoms with Crippen molar-refractivity contribution in [3.8, 4) is 5.75 Å². The van der Waals surface area contributed by atoms with Crippen LogP contribution in [0, 0.1) is 0 Å². The summed E-state index contributed by atoms with van der Waals surface area (Å²) in [5.41, 5.74) is 0.746. The molecular weight excluding hydrogens is 344 g/mol. The average Bonchev–Trinajstić information content (AvgIpc) is 3.10. The van der Waals surface area contributed by atoms with E-state index in [-0.39, 0.29) is 11.5 Å². The molecule has 0 aliphatic carbocycles. The van der Waals surface area contributed by atoms with Gasteiger partial charge in [-0.05, 0) is 36.4 Å². The summed E-state index contributed by atoms with van der Waals surface area (Å²) < 4.78 is 22.6. The first kappa shape index (κ1) is 16.1. The fraction of sp³-hybridized carbons (Fsp3) is 0.211. The molecule has 0 spiro atoms. The van der Waals surface area contributed by atoms with Gasteiger partial charge < -0.3 is 18.6 Å². The third-order valence-corrected chi connectivity index (χ3v) is 4.21. The molecule has 0 amide bonds. The van der Waals surface area contributed by atoms with E-state index in [0.29, 0.717) is 40.5 Å². The van der Waals surface area contributed by atoms with Crippen molar-refractivity contribution in [3.63, 3.8) is 0 Å². The second-order valence-corrected chi connectivity index (χ2v) is 6.14. The Kier molecular flexibility index (Phi) is 4.44. The molecule has 1 aromatic heterocycles. The molecule has 2 aromatic carbocycles. The quantitative estimate of drug-likeness (QED) is 0.707. The van der Waals surface area contributed by atoms with Crippen LogP contribution in [0.15, 0.2) is 64.0 Å². The fourth-order valence-corrected chi connectivity index (χ4v) is 2.80. The largest absolute Gasteiger partial charge is 0.491 e. The lowest BCUT2D eigenvalue weighted by molar-refractivity contribution is -0.0673. The van der Waals surface area contributed by atoms with Crippen LogP contribution in [-0.4, -0.2) is 19.3 Å². The topological polar surface area (TPSA) is 57.9 Å². The molecule has 2 heterocycles. The number of ether oxygens (including phenoxy) is 3. The molecule has 0 bridgehead atoms. The fourth-order valence-electron chi connectivity index (χ4n) is 2.67. The maximum absolute atomic E-state index is 12.6. The molecule has 1 fully saturated rings. The van der Waals surface area contributed by atoms with Crippen LogP contribution in [0.25, 0.3) is 11.0 Å². The number of hydrogen-bond acceptors (Lipinski definition) is 5. The summed E-state index contributed by atoms with van der Waals surface area (Å²) in [6, 6.07) is 14.2. The number of fused-ring (bicyclic) bond motifs is 1. The van der Waals surface area contributed by atoms with Gasteiger partial charge in [0, 0.05) is 5.02 Å². The van der Waals surface area contributed by atoms with Gasteiger partial charge in [-0.15, -0.1) is 0 Å². The second kappa shape index (κ2) is 6.88. The van der Waals surface area contributed by atoms with Crippen molar-refractivity contribution in [3.05, 3.63) is 75.6 Å².